The molecule has 4 heteroatoms. The molecule has 0 atom stereocenters. The molecule has 0 saturated carbocycles. The summed E-state index contributed by atoms with van der Waals surface area (Å²) in [4.78, 5) is 12.0. The van der Waals surface area contributed by atoms with Gasteiger partial charge in [0.15, 0.2) is 0 Å². The van der Waals surface area contributed by atoms with E-state index in [0.29, 0.717) is 5.56 Å². The van der Waals surface area contributed by atoms with E-state index in [0.717, 1.165) is 0 Å². The first kappa shape index (κ1) is 10.9. The number of nitrogens with zero attached hydrogens (tertiary/aromatic N) is 1. The van der Waals surface area contributed by atoms with Crippen molar-refractivity contribution >= 4 is 6.09 Å². The summed E-state index contributed by atoms with van der Waals surface area (Å²) < 4.78 is 14.5. The molecule has 1 aromatic carbocycles. The zero-order valence-electron chi connectivity index (χ0n) is 8.90. The molecular formula is C12H14FNO2. The van der Waals surface area contributed by atoms with Crippen LogP contribution in [0.15, 0.2) is 30.3 Å². The summed E-state index contributed by atoms with van der Waals surface area (Å²) in [5.41, 5.74) is -0.715. The molecule has 0 spiro atoms. The second kappa shape index (κ2) is 4.12. The Morgan fingerprint density at radius 1 is 1.25 bits per heavy atom. The van der Waals surface area contributed by atoms with Crippen LogP contribution in [-0.2, 0) is 5.67 Å². The van der Waals surface area contributed by atoms with Crippen LogP contribution in [0.5, 0.6) is 0 Å². The van der Waals surface area contributed by atoms with Crippen LogP contribution in [0.3, 0.4) is 0 Å². The van der Waals surface area contributed by atoms with Crippen LogP contribution in [0, 0.1) is 0 Å². The van der Waals surface area contributed by atoms with E-state index in [1.807, 2.05) is 6.07 Å². The van der Waals surface area contributed by atoms with Gasteiger partial charge in [-0.25, -0.2) is 9.18 Å². The van der Waals surface area contributed by atoms with E-state index in [2.05, 4.69) is 0 Å². The molecule has 86 valence electrons. The van der Waals surface area contributed by atoms with Gasteiger partial charge in [0.05, 0.1) is 0 Å². The van der Waals surface area contributed by atoms with Crippen LogP contribution in [0.4, 0.5) is 9.18 Å². The Labute approximate surface area is 93.5 Å². The van der Waals surface area contributed by atoms with Crippen LogP contribution in [0.2, 0.25) is 0 Å². The fourth-order valence-electron chi connectivity index (χ4n) is 2.08. The van der Waals surface area contributed by atoms with Crippen molar-refractivity contribution in [1.82, 2.24) is 4.90 Å². The van der Waals surface area contributed by atoms with Gasteiger partial charge in [-0.3, -0.25) is 0 Å². The lowest BCUT2D eigenvalue weighted by molar-refractivity contribution is 0.0551. The number of likely N-dealkylation sites (tertiary alicyclic amines) is 1. The molecule has 0 aromatic heterocycles. The van der Waals surface area contributed by atoms with E-state index >= 15 is 0 Å². The smallest absolute Gasteiger partial charge is 0.407 e. The molecule has 1 saturated heterocycles. The van der Waals surface area contributed by atoms with E-state index in [1.165, 1.54) is 4.90 Å². The molecule has 2 rings (SSSR count). The standard InChI is InChI=1S/C12H14FNO2/c13-12(10-4-2-1-3-5-10)6-8-14(9-7-12)11(15)16/h1-5H,6-9H2,(H,15,16). The SMILES string of the molecule is O=C(O)N1CCC(F)(c2ccccc2)CC1. The lowest BCUT2D eigenvalue weighted by Gasteiger charge is -2.35. The molecule has 3 nitrogen and oxygen atoms in total. The lowest BCUT2D eigenvalue weighted by Crippen LogP contribution is -2.42. The summed E-state index contributed by atoms with van der Waals surface area (Å²) in [7, 11) is 0. The molecule has 0 aliphatic carbocycles. The number of hydrogen-bond acceptors (Lipinski definition) is 1. The minimum Gasteiger partial charge on any atom is -0.465 e. The quantitative estimate of drug-likeness (QED) is 0.795. The average Bonchev–Trinajstić information content (AvgIpc) is 2.31. The Bertz CT molecular complexity index is 372. The monoisotopic (exact) mass is 223 g/mol. The topological polar surface area (TPSA) is 40.5 Å². The Kier molecular flexibility index (Phi) is 2.81. The van der Waals surface area contributed by atoms with Gasteiger partial charge in [-0.2, -0.15) is 0 Å². The molecule has 1 fully saturated rings. The third-order valence-electron chi connectivity index (χ3n) is 3.12. The molecular weight excluding hydrogens is 209 g/mol. The number of hydrogen-bond donors (Lipinski definition) is 1. The highest BCUT2D eigenvalue weighted by molar-refractivity contribution is 5.65. The predicted molar refractivity (Wildman–Crippen MR) is 58.1 cm³/mol. The number of alkyl halides is 1. The highest BCUT2D eigenvalue weighted by Crippen LogP contribution is 2.36. The Balaban J connectivity index is 2.10. The summed E-state index contributed by atoms with van der Waals surface area (Å²) in [5, 5.41) is 8.78. The molecule has 0 bridgehead atoms. The first-order valence-corrected chi connectivity index (χ1v) is 5.34. The van der Waals surface area contributed by atoms with Crippen molar-refractivity contribution < 1.29 is 14.3 Å². The number of rotatable bonds is 1. The lowest BCUT2D eigenvalue weighted by atomic mass is 9.86. The second-order valence-corrected chi connectivity index (χ2v) is 4.10. The molecule has 1 aliphatic rings. The molecule has 1 heterocycles. The molecule has 16 heavy (non-hydrogen) atoms. The summed E-state index contributed by atoms with van der Waals surface area (Å²) in [6, 6.07) is 8.98. The molecule has 1 amide bonds. The van der Waals surface area contributed by atoms with Crippen LogP contribution in [-0.4, -0.2) is 29.2 Å². The van der Waals surface area contributed by atoms with Crippen molar-refractivity contribution in [3.05, 3.63) is 35.9 Å². The molecule has 1 aromatic rings. The number of carbonyl (C=O) groups is 1. The van der Waals surface area contributed by atoms with Crippen molar-refractivity contribution in [2.45, 2.75) is 18.5 Å². The Hall–Kier alpha value is -1.58. The first-order chi connectivity index (χ1) is 7.62. The maximum atomic E-state index is 14.5. The highest BCUT2D eigenvalue weighted by atomic mass is 19.1. The molecule has 0 unspecified atom stereocenters. The van der Waals surface area contributed by atoms with Crippen LogP contribution in [0.25, 0.3) is 0 Å². The van der Waals surface area contributed by atoms with Gasteiger partial charge < -0.3 is 10.0 Å². The van der Waals surface area contributed by atoms with E-state index in [4.69, 9.17) is 5.11 Å². The first-order valence-electron chi connectivity index (χ1n) is 5.34. The minimum absolute atomic E-state index is 0.239. The van der Waals surface area contributed by atoms with Crippen molar-refractivity contribution in [3.63, 3.8) is 0 Å². The third kappa shape index (κ3) is 2.01. The second-order valence-electron chi connectivity index (χ2n) is 4.10. The van der Waals surface area contributed by atoms with Gasteiger partial charge in [-0.15, -0.1) is 0 Å². The van der Waals surface area contributed by atoms with E-state index in [-0.39, 0.29) is 25.9 Å². The van der Waals surface area contributed by atoms with Crippen LogP contribution in [0.1, 0.15) is 18.4 Å². The number of amides is 1. The van der Waals surface area contributed by atoms with Gasteiger partial charge in [0, 0.05) is 25.9 Å². The van der Waals surface area contributed by atoms with Gasteiger partial charge in [0.25, 0.3) is 0 Å². The van der Waals surface area contributed by atoms with Gasteiger partial charge in [0.1, 0.15) is 5.67 Å². The maximum absolute atomic E-state index is 14.5. The number of halogens is 1. The van der Waals surface area contributed by atoms with Gasteiger partial charge in [-0.05, 0) is 5.56 Å². The third-order valence-corrected chi connectivity index (χ3v) is 3.12. The van der Waals surface area contributed by atoms with E-state index in [1.54, 1.807) is 24.3 Å². The summed E-state index contributed by atoms with van der Waals surface area (Å²) in [6.45, 7) is 0.529. The zero-order valence-corrected chi connectivity index (χ0v) is 8.90. The zero-order chi connectivity index (χ0) is 11.6. The van der Waals surface area contributed by atoms with Crippen LogP contribution < -0.4 is 0 Å². The van der Waals surface area contributed by atoms with Gasteiger partial charge in [0.2, 0.25) is 0 Å². The fourth-order valence-corrected chi connectivity index (χ4v) is 2.08. The number of piperidine rings is 1. The molecule has 1 N–H and O–H groups in total. The number of benzene rings is 1. The Morgan fingerprint density at radius 2 is 1.81 bits per heavy atom. The molecule has 0 radical (unpaired) electrons. The average molecular weight is 223 g/mol. The van der Waals surface area contributed by atoms with E-state index in [9.17, 15) is 9.18 Å². The van der Waals surface area contributed by atoms with E-state index < -0.39 is 11.8 Å². The van der Waals surface area contributed by atoms with Crippen LogP contribution >= 0.6 is 0 Å². The maximum Gasteiger partial charge on any atom is 0.407 e. The highest BCUT2D eigenvalue weighted by Gasteiger charge is 2.37. The van der Waals surface area contributed by atoms with Crippen molar-refractivity contribution in [3.8, 4) is 0 Å². The summed E-state index contributed by atoms with van der Waals surface area (Å²) in [5.74, 6) is 0. The minimum atomic E-state index is -1.37. The normalized spacial score (nSPS) is 19.4. The van der Waals surface area contributed by atoms with Crippen molar-refractivity contribution in [1.29, 1.82) is 0 Å². The van der Waals surface area contributed by atoms with Crippen molar-refractivity contribution in [2.24, 2.45) is 0 Å². The largest absolute Gasteiger partial charge is 0.465 e. The summed E-state index contributed by atoms with van der Waals surface area (Å²) >= 11 is 0. The Morgan fingerprint density at radius 3 is 2.31 bits per heavy atom. The van der Waals surface area contributed by atoms with Gasteiger partial charge in [-0.1, -0.05) is 30.3 Å². The fraction of sp³-hybridized carbons (Fsp3) is 0.417. The predicted octanol–water partition coefficient (Wildman–Crippen LogP) is 2.63. The number of carboxylic acid groups (broad SMARTS) is 1. The summed E-state index contributed by atoms with van der Waals surface area (Å²) in [6.07, 6.45) is -0.484. The molecule has 1 aliphatic heterocycles. The van der Waals surface area contributed by atoms with Crippen molar-refractivity contribution in [2.75, 3.05) is 13.1 Å². The van der Waals surface area contributed by atoms with Gasteiger partial charge >= 0.3 is 6.09 Å².